The van der Waals surface area contributed by atoms with Crippen molar-refractivity contribution in [1.29, 1.82) is 0 Å². The second kappa shape index (κ2) is 5.83. The Morgan fingerprint density at radius 2 is 2.20 bits per heavy atom. The summed E-state index contributed by atoms with van der Waals surface area (Å²) >= 11 is 3.25. The van der Waals surface area contributed by atoms with Gasteiger partial charge in [-0.15, -0.1) is 0 Å². The van der Waals surface area contributed by atoms with Crippen LogP contribution in [0.5, 0.6) is 11.6 Å². The van der Waals surface area contributed by atoms with Gasteiger partial charge in [0.25, 0.3) is 0 Å². The van der Waals surface area contributed by atoms with Gasteiger partial charge in [-0.25, -0.2) is 4.98 Å². The molecule has 0 bridgehead atoms. The smallest absolute Gasteiger partial charge is 0.311 e. The molecule has 0 aliphatic carbocycles. The molecule has 7 nitrogen and oxygen atoms in total. The number of benzene rings is 1. The van der Waals surface area contributed by atoms with Crippen LogP contribution < -0.4 is 10.1 Å². The second-order valence-electron chi connectivity index (χ2n) is 3.93. The normalized spacial score (nSPS) is 10.2. The van der Waals surface area contributed by atoms with Gasteiger partial charge in [0.05, 0.1) is 15.6 Å². The fourth-order valence-corrected chi connectivity index (χ4v) is 1.78. The maximum atomic E-state index is 11.0. The van der Waals surface area contributed by atoms with Crippen LogP contribution in [-0.2, 0) is 0 Å². The van der Waals surface area contributed by atoms with E-state index < -0.39 is 4.92 Å². The van der Waals surface area contributed by atoms with E-state index in [0.717, 1.165) is 5.56 Å². The SMILES string of the molecule is CNc1ncc(Br)c(Oc2ccc(C)cc2[N+](=O)[O-])n1. The average Bonchev–Trinajstić information content (AvgIpc) is 2.42. The third-order valence-corrected chi connectivity index (χ3v) is 3.00. The summed E-state index contributed by atoms with van der Waals surface area (Å²) in [5, 5.41) is 13.8. The highest BCUT2D eigenvalue weighted by Crippen LogP contribution is 2.34. The zero-order valence-corrected chi connectivity index (χ0v) is 12.3. The lowest BCUT2D eigenvalue weighted by Crippen LogP contribution is -2.00. The highest BCUT2D eigenvalue weighted by molar-refractivity contribution is 9.10. The predicted molar refractivity (Wildman–Crippen MR) is 77.2 cm³/mol. The molecule has 0 amide bonds. The third kappa shape index (κ3) is 3.02. The Kier molecular flexibility index (Phi) is 4.14. The molecule has 20 heavy (non-hydrogen) atoms. The van der Waals surface area contributed by atoms with Gasteiger partial charge in [0.2, 0.25) is 17.6 Å². The second-order valence-corrected chi connectivity index (χ2v) is 4.78. The van der Waals surface area contributed by atoms with Crippen molar-refractivity contribution in [3.05, 3.63) is 44.5 Å². The van der Waals surface area contributed by atoms with Gasteiger partial charge >= 0.3 is 5.69 Å². The molecule has 0 saturated heterocycles. The summed E-state index contributed by atoms with van der Waals surface area (Å²) in [6.07, 6.45) is 1.51. The summed E-state index contributed by atoms with van der Waals surface area (Å²) in [5.41, 5.74) is 0.670. The number of hydrogen-bond donors (Lipinski definition) is 1. The van der Waals surface area contributed by atoms with Crippen LogP contribution in [0.25, 0.3) is 0 Å². The molecule has 2 rings (SSSR count). The van der Waals surface area contributed by atoms with Gasteiger partial charge < -0.3 is 10.1 Å². The fourth-order valence-electron chi connectivity index (χ4n) is 1.50. The molecule has 0 aliphatic rings. The van der Waals surface area contributed by atoms with E-state index in [2.05, 4.69) is 31.2 Å². The maximum absolute atomic E-state index is 11.0. The number of ether oxygens (including phenoxy) is 1. The first-order valence-electron chi connectivity index (χ1n) is 5.64. The Balaban J connectivity index is 2.42. The van der Waals surface area contributed by atoms with Gasteiger partial charge in [0.15, 0.2) is 0 Å². The van der Waals surface area contributed by atoms with E-state index in [9.17, 15) is 10.1 Å². The summed E-state index contributed by atoms with van der Waals surface area (Å²) in [6.45, 7) is 1.77. The van der Waals surface area contributed by atoms with Crippen LogP contribution >= 0.6 is 15.9 Å². The van der Waals surface area contributed by atoms with Gasteiger partial charge in [0, 0.05) is 13.1 Å². The van der Waals surface area contributed by atoms with Gasteiger partial charge in [-0.1, -0.05) is 6.07 Å². The van der Waals surface area contributed by atoms with Gasteiger partial charge in [0.1, 0.15) is 0 Å². The summed E-state index contributed by atoms with van der Waals surface area (Å²) in [5.74, 6) is 0.691. The average molecular weight is 339 g/mol. The van der Waals surface area contributed by atoms with Crippen LogP contribution in [-0.4, -0.2) is 21.9 Å². The van der Waals surface area contributed by atoms with Crippen LogP contribution in [0.15, 0.2) is 28.9 Å². The molecule has 1 N–H and O–H groups in total. The number of aromatic nitrogens is 2. The first kappa shape index (κ1) is 14.2. The Morgan fingerprint density at radius 1 is 1.45 bits per heavy atom. The zero-order valence-electron chi connectivity index (χ0n) is 10.8. The number of nitro benzene ring substituents is 1. The highest BCUT2D eigenvalue weighted by Gasteiger charge is 2.18. The summed E-state index contributed by atoms with van der Waals surface area (Å²) in [6, 6.07) is 4.72. The molecule has 104 valence electrons. The van der Waals surface area contributed by atoms with Crippen LogP contribution in [0.1, 0.15) is 5.56 Å². The topological polar surface area (TPSA) is 90.2 Å². The van der Waals surface area contributed by atoms with Crippen molar-refractivity contribution in [2.45, 2.75) is 6.92 Å². The lowest BCUT2D eigenvalue weighted by Gasteiger charge is -2.08. The Bertz CT molecular complexity index is 663. The molecule has 0 aliphatic heterocycles. The molecule has 0 fully saturated rings. The molecular weight excluding hydrogens is 328 g/mol. The van der Waals surface area contributed by atoms with E-state index in [1.54, 1.807) is 26.1 Å². The van der Waals surface area contributed by atoms with E-state index in [1.807, 2.05) is 0 Å². The standard InChI is InChI=1S/C12H11BrN4O3/c1-7-3-4-10(9(5-7)17(18)19)20-11-8(13)6-15-12(14-2)16-11/h3-6H,1-2H3,(H,14,15,16). The fraction of sp³-hybridized carbons (Fsp3) is 0.167. The van der Waals surface area contributed by atoms with E-state index >= 15 is 0 Å². The monoisotopic (exact) mass is 338 g/mol. The number of rotatable bonds is 4. The lowest BCUT2D eigenvalue weighted by atomic mass is 10.2. The molecule has 2 aromatic rings. The number of anilines is 1. The minimum atomic E-state index is -0.490. The highest BCUT2D eigenvalue weighted by atomic mass is 79.9. The molecule has 1 aromatic heterocycles. The predicted octanol–water partition coefficient (Wildman–Crippen LogP) is 3.29. The van der Waals surface area contributed by atoms with E-state index in [0.29, 0.717) is 10.4 Å². The van der Waals surface area contributed by atoms with Gasteiger partial charge in [-0.2, -0.15) is 4.98 Å². The maximum Gasteiger partial charge on any atom is 0.311 e. The van der Waals surface area contributed by atoms with Crippen molar-refractivity contribution in [1.82, 2.24) is 9.97 Å². The van der Waals surface area contributed by atoms with Crippen LogP contribution in [0.3, 0.4) is 0 Å². The van der Waals surface area contributed by atoms with Gasteiger partial charge in [-0.3, -0.25) is 10.1 Å². The lowest BCUT2D eigenvalue weighted by molar-refractivity contribution is -0.385. The number of nitrogens with zero attached hydrogens (tertiary/aromatic N) is 3. The van der Waals surface area contributed by atoms with Crippen molar-refractivity contribution in [3.8, 4) is 11.6 Å². The van der Waals surface area contributed by atoms with Crippen molar-refractivity contribution in [2.24, 2.45) is 0 Å². The number of nitrogens with one attached hydrogen (secondary N) is 1. The van der Waals surface area contributed by atoms with Crippen molar-refractivity contribution in [3.63, 3.8) is 0 Å². The molecular formula is C12H11BrN4O3. The van der Waals surface area contributed by atoms with E-state index in [4.69, 9.17) is 4.74 Å². The zero-order chi connectivity index (χ0) is 14.7. The Morgan fingerprint density at radius 3 is 2.85 bits per heavy atom. The number of hydrogen-bond acceptors (Lipinski definition) is 6. The van der Waals surface area contributed by atoms with E-state index in [1.165, 1.54) is 12.3 Å². The molecule has 0 atom stereocenters. The number of halogens is 1. The minimum absolute atomic E-state index is 0.110. The quantitative estimate of drug-likeness (QED) is 0.679. The molecule has 1 heterocycles. The molecule has 0 unspecified atom stereocenters. The Hall–Kier alpha value is -2.22. The molecule has 0 radical (unpaired) electrons. The third-order valence-electron chi connectivity index (χ3n) is 2.45. The summed E-state index contributed by atoms with van der Waals surface area (Å²) in [4.78, 5) is 18.6. The number of aryl methyl sites for hydroxylation is 1. The summed E-state index contributed by atoms with van der Waals surface area (Å²) in [7, 11) is 1.67. The summed E-state index contributed by atoms with van der Waals surface area (Å²) < 4.78 is 6.03. The van der Waals surface area contributed by atoms with Crippen LogP contribution in [0.4, 0.5) is 11.6 Å². The van der Waals surface area contributed by atoms with Crippen LogP contribution in [0, 0.1) is 17.0 Å². The first-order valence-corrected chi connectivity index (χ1v) is 6.43. The molecule has 0 saturated carbocycles. The van der Waals surface area contributed by atoms with E-state index in [-0.39, 0.29) is 17.3 Å². The first-order chi connectivity index (χ1) is 9.51. The molecule has 8 heteroatoms. The minimum Gasteiger partial charge on any atom is -0.430 e. The Labute approximate surface area is 123 Å². The van der Waals surface area contributed by atoms with Crippen molar-refractivity contribution in [2.75, 3.05) is 12.4 Å². The number of nitro groups is 1. The van der Waals surface area contributed by atoms with Crippen LogP contribution in [0.2, 0.25) is 0 Å². The van der Waals surface area contributed by atoms with Gasteiger partial charge in [-0.05, 0) is 34.5 Å². The van der Waals surface area contributed by atoms with Crippen molar-refractivity contribution < 1.29 is 9.66 Å². The van der Waals surface area contributed by atoms with Crippen molar-refractivity contribution >= 4 is 27.6 Å². The largest absolute Gasteiger partial charge is 0.430 e. The molecule has 0 spiro atoms. The molecule has 1 aromatic carbocycles.